The minimum atomic E-state index is 0.0441. The Morgan fingerprint density at radius 1 is 0.879 bits per heavy atom. The molecule has 33 heavy (non-hydrogen) atoms. The maximum atomic E-state index is 12.9. The molecule has 3 aromatic carbocycles. The van der Waals surface area contributed by atoms with Crippen molar-refractivity contribution in [1.29, 1.82) is 0 Å². The number of hydrogen-bond acceptors (Lipinski definition) is 3. The van der Waals surface area contributed by atoms with Crippen molar-refractivity contribution in [2.24, 2.45) is 0 Å². The fraction of sp³-hybridized carbons (Fsp3) is 0.240. The van der Waals surface area contributed by atoms with Gasteiger partial charge in [-0.05, 0) is 53.6 Å². The Hall–Kier alpha value is -1.76. The largest absolute Gasteiger partial charge is 0.487 e. The lowest BCUT2D eigenvalue weighted by Gasteiger charge is -2.35. The molecule has 0 bridgehead atoms. The predicted octanol–water partition coefficient (Wildman–Crippen LogP) is 6.95. The normalized spacial score (nSPS) is 14.4. The van der Waals surface area contributed by atoms with Crippen LogP contribution in [0.2, 0.25) is 15.1 Å². The van der Waals surface area contributed by atoms with Gasteiger partial charge in [0, 0.05) is 52.8 Å². The molecular formula is C25H22BrCl3N2O2. The van der Waals surface area contributed by atoms with E-state index in [1.165, 1.54) is 0 Å². The van der Waals surface area contributed by atoms with E-state index in [9.17, 15) is 4.79 Å². The number of nitrogens with zero attached hydrogens (tertiary/aromatic N) is 2. The van der Waals surface area contributed by atoms with Gasteiger partial charge in [-0.2, -0.15) is 0 Å². The van der Waals surface area contributed by atoms with E-state index in [4.69, 9.17) is 39.5 Å². The Morgan fingerprint density at radius 3 is 2.27 bits per heavy atom. The minimum Gasteiger partial charge on any atom is -0.487 e. The van der Waals surface area contributed by atoms with Crippen LogP contribution >= 0.6 is 50.7 Å². The van der Waals surface area contributed by atoms with E-state index in [0.29, 0.717) is 46.1 Å². The number of halogens is 4. The van der Waals surface area contributed by atoms with Crippen LogP contribution in [0.25, 0.3) is 0 Å². The molecule has 0 radical (unpaired) electrons. The molecule has 4 rings (SSSR count). The highest BCUT2D eigenvalue weighted by Gasteiger charge is 2.22. The molecule has 1 aliphatic heterocycles. The average Bonchev–Trinajstić information content (AvgIpc) is 2.81. The maximum absolute atomic E-state index is 12.9. The average molecular weight is 569 g/mol. The zero-order valence-electron chi connectivity index (χ0n) is 17.7. The van der Waals surface area contributed by atoms with Crippen LogP contribution in [0.4, 0.5) is 0 Å². The second kappa shape index (κ2) is 11.1. The second-order valence-electron chi connectivity index (χ2n) is 7.86. The van der Waals surface area contributed by atoms with Crippen molar-refractivity contribution in [3.63, 3.8) is 0 Å². The molecule has 0 spiro atoms. The van der Waals surface area contributed by atoms with Gasteiger partial charge in [0.2, 0.25) is 0 Å². The van der Waals surface area contributed by atoms with E-state index in [-0.39, 0.29) is 5.91 Å². The van der Waals surface area contributed by atoms with Crippen molar-refractivity contribution in [2.45, 2.75) is 13.2 Å². The Kier molecular flexibility index (Phi) is 8.20. The highest BCUT2D eigenvalue weighted by atomic mass is 79.9. The Balaban J connectivity index is 1.28. The summed E-state index contributed by atoms with van der Waals surface area (Å²) in [7, 11) is 0. The second-order valence-corrected chi connectivity index (χ2v) is 10.0. The molecule has 0 atom stereocenters. The van der Waals surface area contributed by atoms with E-state index in [2.05, 4.69) is 20.8 Å². The van der Waals surface area contributed by atoms with Gasteiger partial charge in [0.15, 0.2) is 0 Å². The molecule has 3 aromatic rings. The number of amides is 1. The molecule has 1 saturated heterocycles. The molecule has 1 amide bonds. The van der Waals surface area contributed by atoms with Gasteiger partial charge in [-0.1, -0.05) is 68.9 Å². The Morgan fingerprint density at radius 2 is 1.61 bits per heavy atom. The quantitative estimate of drug-likeness (QED) is 0.323. The van der Waals surface area contributed by atoms with Gasteiger partial charge in [0.1, 0.15) is 12.4 Å². The smallest absolute Gasteiger partial charge is 0.253 e. The first kappa shape index (κ1) is 24.4. The molecule has 1 heterocycles. The van der Waals surface area contributed by atoms with E-state index >= 15 is 0 Å². The standard InChI is InChI=1S/C25H22BrCl3N2O2/c26-20-6-8-24(23(29)13-20)33-16-17-1-3-18(4-2-17)25(32)31-11-9-30(10-12-31)15-19-5-7-21(27)14-22(19)28/h1-8,13-14H,9-12,15-16H2. The molecule has 172 valence electrons. The Bertz CT molecular complexity index is 1130. The summed E-state index contributed by atoms with van der Waals surface area (Å²) in [6.07, 6.45) is 0. The van der Waals surface area contributed by atoms with E-state index in [1.807, 2.05) is 53.4 Å². The summed E-state index contributed by atoms with van der Waals surface area (Å²) in [4.78, 5) is 17.1. The molecule has 0 unspecified atom stereocenters. The minimum absolute atomic E-state index is 0.0441. The summed E-state index contributed by atoms with van der Waals surface area (Å²) in [5, 5.41) is 1.86. The van der Waals surface area contributed by atoms with Crippen LogP contribution in [0, 0.1) is 0 Å². The molecule has 0 aliphatic carbocycles. The number of piperazine rings is 1. The van der Waals surface area contributed by atoms with E-state index in [1.54, 1.807) is 12.1 Å². The van der Waals surface area contributed by atoms with Gasteiger partial charge >= 0.3 is 0 Å². The van der Waals surface area contributed by atoms with Crippen molar-refractivity contribution < 1.29 is 9.53 Å². The number of ether oxygens (including phenoxy) is 1. The first-order chi connectivity index (χ1) is 15.9. The third-order valence-corrected chi connectivity index (χ3v) is 6.93. The zero-order valence-corrected chi connectivity index (χ0v) is 21.6. The molecule has 0 N–H and O–H groups in total. The number of benzene rings is 3. The lowest BCUT2D eigenvalue weighted by Crippen LogP contribution is -2.48. The number of carbonyl (C=O) groups is 1. The molecule has 4 nitrogen and oxygen atoms in total. The summed E-state index contributed by atoms with van der Waals surface area (Å²) in [5.74, 6) is 0.667. The van der Waals surface area contributed by atoms with E-state index < -0.39 is 0 Å². The highest BCUT2D eigenvalue weighted by molar-refractivity contribution is 9.10. The fourth-order valence-electron chi connectivity index (χ4n) is 3.68. The summed E-state index contributed by atoms with van der Waals surface area (Å²) < 4.78 is 6.70. The Labute approximate surface area is 217 Å². The first-order valence-corrected chi connectivity index (χ1v) is 12.4. The maximum Gasteiger partial charge on any atom is 0.253 e. The number of hydrogen-bond donors (Lipinski definition) is 0. The topological polar surface area (TPSA) is 32.8 Å². The molecule has 1 aliphatic rings. The van der Waals surface area contributed by atoms with E-state index in [0.717, 1.165) is 35.2 Å². The van der Waals surface area contributed by atoms with Crippen molar-refractivity contribution in [3.05, 3.63) is 96.9 Å². The monoisotopic (exact) mass is 566 g/mol. The van der Waals surface area contributed by atoms with Crippen LogP contribution < -0.4 is 4.74 Å². The molecule has 0 saturated carbocycles. The van der Waals surface area contributed by atoms with Gasteiger partial charge in [-0.15, -0.1) is 0 Å². The SMILES string of the molecule is O=C(c1ccc(COc2ccc(Br)cc2Cl)cc1)N1CCN(Cc2ccc(Cl)cc2Cl)CC1. The van der Waals surface area contributed by atoms with Gasteiger partial charge < -0.3 is 9.64 Å². The van der Waals surface area contributed by atoms with Crippen molar-refractivity contribution in [2.75, 3.05) is 26.2 Å². The van der Waals surface area contributed by atoms with Crippen LogP contribution in [0.3, 0.4) is 0 Å². The highest BCUT2D eigenvalue weighted by Crippen LogP contribution is 2.28. The summed E-state index contributed by atoms with van der Waals surface area (Å²) >= 11 is 21.9. The first-order valence-electron chi connectivity index (χ1n) is 10.5. The molecule has 8 heteroatoms. The number of carbonyl (C=O) groups excluding carboxylic acids is 1. The van der Waals surface area contributed by atoms with Gasteiger partial charge in [-0.3, -0.25) is 9.69 Å². The van der Waals surface area contributed by atoms with Crippen LogP contribution in [-0.4, -0.2) is 41.9 Å². The van der Waals surface area contributed by atoms with Crippen LogP contribution in [0.5, 0.6) is 5.75 Å². The van der Waals surface area contributed by atoms with Crippen molar-refractivity contribution in [3.8, 4) is 5.75 Å². The molecular weight excluding hydrogens is 547 g/mol. The third-order valence-electron chi connectivity index (χ3n) is 5.56. The van der Waals surface area contributed by atoms with Crippen molar-refractivity contribution in [1.82, 2.24) is 9.80 Å². The van der Waals surface area contributed by atoms with Crippen molar-refractivity contribution >= 4 is 56.6 Å². The summed E-state index contributed by atoms with van der Waals surface area (Å²) in [5.41, 5.74) is 2.69. The van der Waals surface area contributed by atoms with Gasteiger partial charge in [0.05, 0.1) is 5.02 Å². The molecule has 0 aromatic heterocycles. The van der Waals surface area contributed by atoms with Crippen LogP contribution in [0.1, 0.15) is 21.5 Å². The lowest BCUT2D eigenvalue weighted by atomic mass is 10.1. The summed E-state index contributed by atoms with van der Waals surface area (Å²) in [6, 6.07) is 18.6. The lowest BCUT2D eigenvalue weighted by molar-refractivity contribution is 0.0628. The predicted molar refractivity (Wildman–Crippen MR) is 138 cm³/mol. The third kappa shape index (κ3) is 6.43. The summed E-state index contributed by atoms with van der Waals surface area (Å²) in [6.45, 7) is 4.07. The fourth-order valence-corrected chi connectivity index (χ4v) is 4.88. The van der Waals surface area contributed by atoms with Crippen LogP contribution in [0.15, 0.2) is 65.1 Å². The number of rotatable bonds is 6. The zero-order chi connectivity index (χ0) is 23.4. The van der Waals surface area contributed by atoms with Gasteiger partial charge in [-0.25, -0.2) is 0 Å². The van der Waals surface area contributed by atoms with Gasteiger partial charge in [0.25, 0.3) is 5.91 Å². The van der Waals surface area contributed by atoms with Crippen LogP contribution in [-0.2, 0) is 13.2 Å². The molecule has 1 fully saturated rings.